The first-order valence-electron chi connectivity index (χ1n) is 6.00. The molecule has 1 fully saturated rings. The second-order valence-electron chi connectivity index (χ2n) is 4.67. The van der Waals surface area contributed by atoms with Crippen LogP contribution in [0.3, 0.4) is 0 Å². The molecule has 1 saturated carbocycles. The minimum absolute atomic E-state index is 0.0298. The maximum absolute atomic E-state index is 13.8. The standard InChI is InChI=1S/C13H18BrFN2/c1-17(10-3-2-4-10)13(8-16)11-7-9(14)5-6-12(11)15/h5-7,10,13H,2-4,8,16H2,1H3. The molecule has 1 aliphatic carbocycles. The van der Waals surface area contributed by atoms with Gasteiger partial charge in [-0.1, -0.05) is 22.4 Å². The van der Waals surface area contributed by atoms with Crippen LogP contribution >= 0.6 is 15.9 Å². The van der Waals surface area contributed by atoms with E-state index in [1.807, 2.05) is 13.1 Å². The largest absolute Gasteiger partial charge is 0.329 e. The number of nitrogens with two attached hydrogens (primary N) is 1. The van der Waals surface area contributed by atoms with Crippen molar-refractivity contribution in [2.45, 2.75) is 31.3 Å². The maximum atomic E-state index is 13.8. The third-order valence-corrected chi connectivity index (χ3v) is 4.18. The molecule has 0 aromatic heterocycles. The lowest BCUT2D eigenvalue weighted by Gasteiger charge is -2.40. The van der Waals surface area contributed by atoms with Gasteiger partial charge >= 0.3 is 0 Å². The molecular weight excluding hydrogens is 283 g/mol. The van der Waals surface area contributed by atoms with Gasteiger partial charge in [-0.3, -0.25) is 4.90 Å². The summed E-state index contributed by atoms with van der Waals surface area (Å²) in [6, 6.07) is 5.58. The predicted molar refractivity (Wildman–Crippen MR) is 71.3 cm³/mol. The van der Waals surface area contributed by atoms with Gasteiger partial charge in [0.1, 0.15) is 5.82 Å². The molecule has 0 heterocycles. The number of halogens is 2. The van der Waals surface area contributed by atoms with E-state index in [-0.39, 0.29) is 11.9 Å². The normalized spacial score (nSPS) is 18.2. The number of rotatable bonds is 4. The molecule has 1 unspecified atom stereocenters. The van der Waals surface area contributed by atoms with E-state index >= 15 is 0 Å². The van der Waals surface area contributed by atoms with Crippen molar-refractivity contribution in [3.63, 3.8) is 0 Å². The third kappa shape index (κ3) is 2.69. The molecule has 0 radical (unpaired) electrons. The predicted octanol–water partition coefficient (Wildman–Crippen LogP) is 3.07. The topological polar surface area (TPSA) is 29.3 Å². The Labute approximate surface area is 110 Å². The van der Waals surface area contributed by atoms with Gasteiger partial charge < -0.3 is 5.73 Å². The van der Waals surface area contributed by atoms with Gasteiger partial charge in [-0.2, -0.15) is 0 Å². The van der Waals surface area contributed by atoms with Gasteiger partial charge in [0.05, 0.1) is 0 Å². The smallest absolute Gasteiger partial charge is 0.128 e. The van der Waals surface area contributed by atoms with Crippen LogP contribution in [0.1, 0.15) is 30.9 Å². The molecule has 1 aromatic rings. The van der Waals surface area contributed by atoms with Crippen molar-refractivity contribution in [3.8, 4) is 0 Å². The van der Waals surface area contributed by atoms with Gasteiger partial charge in [0.15, 0.2) is 0 Å². The SMILES string of the molecule is CN(C1CCC1)C(CN)c1cc(Br)ccc1F. The highest BCUT2D eigenvalue weighted by Gasteiger charge is 2.29. The Balaban J connectivity index is 2.24. The summed E-state index contributed by atoms with van der Waals surface area (Å²) >= 11 is 3.39. The molecule has 2 rings (SSSR count). The fraction of sp³-hybridized carbons (Fsp3) is 0.538. The summed E-state index contributed by atoms with van der Waals surface area (Å²) in [5.74, 6) is -0.171. The lowest BCUT2D eigenvalue weighted by Crippen LogP contribution is -2.42. The van der Waals surface area contributed by atoms with E-state index in [0.29, 0.717) is 18.2 Å². The van der Waals surface area contributed by atoms with Crippen LogP contribution in [0.5, 0.6) is 0 Å². The van der Waals surface area contributed by atoms with Crippen LogP contribution in [-0.4, -0.2) is 24.5 Å². The van der Waals surface area contributed by atoms with Gasteiger partial charge in [0.2, 0.25) is 0 Å². The molecule has 0 aliphatic heterocycles. The molecular formula is C13H18BrFN2. The van der Waals surface area contributed by atoms with Crippen LogP contribution in [-0.2, 0) is 0 Å². The second-order valence-corrected chi connectivity index (χ2v) is 5.58. The lowest BCUT2D eigenvalue weighted by atomic mass is 9.89. The Bertz CT molecular complexity index is 393. The molecule has 1 aromatic carbocycles. The minimum Gasteiger partial charge on any atom is -0.329 e. The van der Waals surface area contributed by atoms with Crippen molar-refractivity contribution in [2.24, 2.45) is 5.73 Å². The first-order chi connectivity index (χ1) is 8.13. The van der Waals surface area contributed by atoms with Crippen LogP contribution in [0.2, 0.25) is 0 Å². The van der Waals surface area contributed by atoms with E-state index in [9.17, 15) is 4.39 Å². The van der Waals surface area contributed by atoms with Gasteiger partial charge in [0, 0.05) is 28.7 Å². The van der Waals surface area contributed by atoms with E-state index in [4.69, 9.17) is 5.73 Å². The molecule has 4 heteroatoms. The average Bonchev–Trinajstić information content (AvgIpc) is 2.22. The lowest BCUT2D eigenvalue weighted by molar-refractivity contribution is 0.111. The molecule has 0 bridgehead atoms. The Morgan fingerprint density at radius 1 is 1.53 bits per heavy atom. The van der Waals surface area contributed by atoms with Crippen LogP contribution in [0.4, 0.5) is 4.39 Å². The summed E-state index contributed by atoms with van der Waals surface area (Å²) < 4.78 is 14.7. The van der Waals surface area contributed by atoms with Crippen LogP contribution in [0.15, 0.2) is 22.7 Å². The number of nitrogens with zero attached hydrogens (tertiary/aromatic N) is 1. The summed E-state index contributed by atoms with van der Waals surface area (Å²) in [5, 5.41) is 0. The van der Waals surface area contributed by atoms with Crippen molar-refractivity contribution < 1.29 is 4.39 Å². The molecule has 0 amide bonds. The first kappa shape index (κ1) is 13.0. The fourth-order valence-electron chi connectivity index (χ4n) is 2.33. The van der Waals surface area contributed by atoms with E-state index in [1.165, 1.54) is 25.3 Å². The Morgan fingerprint density at radius 2 is 2.24 bits per heavy atom. The van der Waals surface area contributed by atoms with Gasteiger partial charge in [0.25, 0.3) is 0 Å². The first-order valence-corrected chi connectivity index (χ1v) is 6.79. The van der Waals surface area contributed by atoms with Crippen molar-refractivity contribution in [3.05, 3.63) is 34.1 Å². The maximum Gasteiger partial charge on any atom is 0.128 e. The monoisotopic (exact) mass is 300 g/mol. The van der Waals surface area contributed by atoms with Gasteiger partial charge in [-0.15, -0.1) is 0 Å². The van der Waals surface area contributed by atoms with E-state index < -0.39 is 0 Å². The molecule has 2 nitrogen and oxygen atoms in total. The second kappa shape index (κ2) is 5.46. The molecule has 1 atom stereocenters. The molecule has 17 heavy (non-hydrogen) atoms. The quantitative estimate of drug-likeness (QED) is 0.926. The van der Waals surface area contributed by atoms with E-state index in [2.05, 4.69) is 20.8 Å². The summed E-state index contributed by atoms with van der Waals surface area (Å²) in [6.07, 6.45) is 3.67. The fourth-order valence-corrected chi connectivity index (χ4v) is 2.71. The molecule has 1 aliphatic rings. The molecule has 0 spiro atoms. The van der Waals surface area contributed by atoms with Gasteiger partial charge in [-0.25, -0.2) is 4.39 Å². The summed E-state index contributed by atoms with van der Waals surface area (Å²) in [7, 11) is 2.04. The van der Waals surface area contributed by atoms with Crippen LogP contribution in [0, 0.1) is 5.82 Å². The summed E-state index contributed by atoms with van der Waals surface area (Å²) in [5.41, 5.74) is 6.51. The number of likely N-dealkylation sites (N-methyl/N-ethyl adjacent to an activating group) is 1. The Hall–Kier alpha value is -0.450. The zero-order chi connectivity index (χ0) is 12.4. The highest BCUT2D eigenvalue weighted by Crippen LogP contribution is 2.32. The average molecular weight is 301 g/mol. The molecule has 0 saturated heterocycles. The van der Waals surface area contributed by atoms with Crippen molar-refractivity contribution in [2.75, 3.05) is 13.6 Å². The van der Waals surface area contributed by atoms with Crippen LogP contribution in [0.25, 0.3) is 0 Å². The Kier molecular flexibility index (Phi) is 4.17. The van der Waals surface area contributed by atoms with E-state index in [1.54, 1.807) is 6.07 Å². The molecule has 2 N–H and O–H groups in total. The number of benzene rings is 1. The van der Waals surface area contributed by atoms with Crippen molar-refractivity contribution >= 4 is 15.9 Å². The number of hydrogen-bond acceptors (Lipinski definition) is 2. The highest BCUT2D eigenvalue weighted by molar-refractivity contribution is 9.10. The van der Waals surface area contributed by atoms with Gasteiger partial charge in [-0.05, 0) is 38.1 Å². The summed E-state index contributed by atoms with van der Waals surface area (Å²) in [4.78, 5) is 2.22. The van der Waals surface area contributed by atoms with E-state index in [0.717, 1.165) is 4.47 Å². The molecule has 94 valence electrons. The Morgan fingerprint density at radius 3 is 2.76 bits per heavy atom. The zero-order valence-corrected chi connectivity index (χ0v) is 11.6. The highest BCUT2D eigenvalue weighted by atomic mass is 79.9. The zero-order valence-electron chi connectivity index (χ0n) is 10.00. The third-order valence-electron chi connectivity index (χ3n) is 3.68. The van der Waals surface area contributed by atoms with Crippen molar-refractivity contribution in [1.29, 1.82) is 0 Å². The minimum atomic E-state index is -0.171. The number of hydrogen-bond donors (Lipinski definition) is 1. The van der Waals surface area contributed by atoms with Crippen LogP contribution < -0.4 is 5.73 Å². The summed E-state index contributed by atoms with van der Waals surface area (Å²) in [6.45, 7) is 0.445. The van der Waals surface area contributed by atoms with Crippen molar-refractivity contribution in [1.82, 2.24) is 4.90 Å².